The zero-order valence-electron chi connectivity index (χ0n) is 29.1. The Hall–Kier alpha value is -7.37. The van der Waals surface area contributed by atoms with E-state index in [0.717, 1.165) is 66.5 Å². The SMILES string of the molecule is c1ccc(-c2nc(-c3ccccc3)nc(-c3cc(-c4cccnc4)cc(-c4ccc5c(c4)nc(-c4ccccc4)c4ccc6ccccc6c45)c3)n2)cc1. The molecule has 0 saturated carbocycles. The van der Waals surface area contributed by atoms with Gasteiger partial charge in [-0.3, -0.25) is 4.98 Å². The predicted molar refractivity (Wildman–Crippen MR) is 221 cm³/mol. The van der Waals surface area contributed by atoms with Crippen LogP contribution in [0.4, 0.5) is 0 Å². The number of hydrogen-bond acceptors (Lipinski definition) is 5. The summed E-state index contributed by atoms with van der Waals surface area (Å²) in [6.45, 7) is 0. The van der Waals surface area contributed by atoms with Gasteiger partial charge in [-0.05, 0) is 57.8 Å². The molecule has 3 aromatic heterocycles. The van der Waals surface area contributed by atoms with Crippen molar-refractivity contribution in [3.05, 3.63) is 188 Å². The maximum atomic E-state index is 5.38. The van der Waals surface area contributed by atoms with Gasteiger partial charge in [0.05, 0.1) is 11.2 Å². The minimum atomic E-state index is 0.595. The molecule has 252 valence electrons. The summed E-state index contributed by atoms with van der Waals surface area (Å²) in [5.74, 6) is 1.84. The van der Waals surface area contributed by atoms with Crippen LogP contribution in [0.3, 0.4) is 0 Å². The van der Waals surface area contributed by atoms with Crippen LogP contribution in [0.2, 0.25) is 0 Å². The van der Waals surface area contributed by atoms with E-state index in [2.05, 4.69) is 108 Å². The van der Waals surface area contributed by atoms with E-state index in [4.69, 9.17) is 19.9 Å². The fourth-order valence-corrected chi connectivity index (χ4v) is 7.33. The molecule has 3 heterocycles. The molecule has 0 saturated heterocycles. The minimum Gasteiger partial charge on any atom is -0.264 e. The predicted octanol–water partition coefficient (Wildman–Crippen LogP) is 12.1. The third-order valence-electron chi connectivity index (χ3n) is 9.95. The average Bonchev–Trinajstić information content (AvgIpc) is 3.26. The number of pyridine rings is 2. The summed E-state index contributed by atoms with van der Waals surface area (Å²) in [7, 11) is 0. The largest absolute Gasteiger partial charge is 0.264 e. The lowest BCUT2D eigenvalue weighted by Crippen LogP contribution is -2.00. The van der Waals surface area contributed by atoms with E-state index in [0.29, 0.717) is 17.5 Å². The summed E-state index contributed by atoms with van der Waals surface area (Å²) < 4.78 is 0. The van der Waals surface area contributed by atoms with Crippen LogP contribution in [0.5, 0.6) is 0 Å². The van der Waals surface area contributed by atoms with Gasteiger partial charge < -0.3 is 0 Å². The van der Waals surface area contributed by atoms with Crippen LogP contribution < -0.4 is 0 Å². The minimum absolute atomic E-state index is 0.595. The number of fused-ring (bicyclic) bond motifs is 5. The van der Waals surface area contributed by atoms with Crippen LogP contribution in [0.25, 0.3) is 100 Å². The lowest BCUT2D eigenvalue weighted by atomic mass is 9.92. The van der Waals surface area contributed by atoms with E-state index in [1.165, 1.54) is 16.2 Å². The second kappa shape index (κ2) is 13.3. The molecule has 0 bridgehead atoms. The van der Waals surface area contributed by atoms with Gasteiger partial charge in [-0.2, -0.15) is 0 Å². The summed E-state index contributed by atoms with van der Waals surface area (Å²) >= 11 is 0. The molecule has 0 atom stereocenters. The molecule has 10 rings (SSSR count). The molecule has 0 aliphatic rings. The number of aromatic nitrogens is 5. The first-order valence-electron chi connectivity index (χ1n) is 18.0. The van der Waals surface area contributed by atoms with Crippen LogP contribution in [-0.4, -0.2) is 24.9 Å². The van der Waals surface area contributed by atoms with Crippen LogP contribution in [0, 0.1) is 0 Å². The molecule has 7 aromatic carbocycles. The number of rotatable bonds is 6. The van der Waals surface area contributed by atoms with E-state index in [1.54, 1.807) is 6.20 Å². The van der Waals surface area contributed by atoms with Crippen molar-refractivity contribution in [2.75, 3.05) is 0 Å². The molecule has 0 N–H and O–H groups in total. The van der Waals surface area contributed by atoms with Gasteiger partial charge in [-0.25, -0.2) is 19.9 Å². The molecular weight excluding hydrogens is 659 g/mol. The fourth-order valence-electron chi connectivity index (χ4n) is 7.33. The molecule has 0 unspecified atom stereocenters. The first-order valence-corrected chi connectivity index (χ1v) is 18.0. The highest BCUT2D eigenvalue weighted by Gasteiger charge is 2.17. The topological polar surface area (TPSA) is 64.5 Å². The second-order valence-electron chi connectivity index (χ2n) is 13.3. The van der Waals surface area contributed by atoms with Crippen LogP contribution in [-0.2, 0) is 0 Å². The number of hydrogen-bond donors (Lipinski definition) is 0. The molecule has 0 aliphatic heterocycles. The van der Waals surface area contributed by atoms with Gasteiger partial charge >= 0.3 is 0 Å². The maximum absolute atomic E-state index is 5.38. The summed E-state index contributed by atoms with van der Waals surface area (Å²) in [4.78, 5) is 24.9. The molecule has 0 radical (unpaired) electrons. The molecule has 0 fully saturated rings. The highest BCUT2D eigenvalue weighted by atomic mass is 15.0. The molecule has 54 heavy (non-hydrogen) atoms. The van der Waals surface area contributed by atoms with Gasteiger partial charge in [0, 0.05) is 56.4 Å². The van der Waals surface area contributed by atoms with Gasteiger partial charge in [0.15, 0.2) is 17.5 Å². The van der Waals surface area contributed by atoms with E-state index in [9.17, 15) is 0 Å². The average molecular weight is 690 g/mol. The molecular formula is C49H31N5. The fraction of sp³-hybridized carbons (Fsp3) is 0. The summed E-state index contributed by atoms with van der Waals surface area (Å²) in [5.41, 5.74) is 9.81. The molecule has 0 spiro atoms. The van der Waals surface area contributed by atoms with E-state index < -0.39 is 0 Å². The molecule has 5 heteroatoms. The monoisotopic (exact) mass is 689 g/mol. The van der Waals surface area contributed by atoms with E-state index in [1.807, 2.05) is 79.0 Å². The Morgan fingerprint density at radius 2 is 0.870 bits per heavy atom. The smallest absolute Gasteiger partial charge is 0.164 e. The quantitative estimate of drug-likeness (QED) is 0.163. The van der Waals surface area contributed by atoms with E-state index in [-0.39, 0.29) is 0 Å². The Bertz CT molecular complexity index is 2910. The molecule has 0 amide bonds. The third kappa shape index (κ3) is 5.74. The lowest BCUT2D eigenvalue weighted by Gasteiger charge is -2.15. The van der Waals surface area contributed by atoms with Gasteiger partial charge in [-0.1, -0.05) is 146 Å². The summed E-state index contributed by atoms with van der Waals surface area (Å²) in [6, 6.07) is 60.9. The number of nitrogens with zero attached hydrogens (tertiary/aromatic N) is 5. The van der Waals surface area contributed by atoms with Crippen molar-refractivity contribution in [1.82, 2.24) is 24.9 Å². The Balaban J connectivity index is 1.21. The van der Waals surface area contributed by atoms with Crippen molar-refractivity contribution in [3.8, 4) is 67.7 Å². The summed E-state index contributed by atoms with van der Waals surface area (Å²) in [6.07, 6.45) is 3.69. The first-order chi connectivity index (χ1) is 26.7. The van der Waals surface area contributed by atoms with Crippen molar-refractivity contribution < 1.29 is 0 Å². The third-order valence-corrected chi connectivity index (χ3v) is 9.95. The Kier molecular flexibility index (Phi) is 7.73. The molecule has 10 aromatic rings. The van der Waals surface area contributed by atoms with Gasteiger partial charge in [-0.15, -0.1) is 0 Å². The van der Waals surface area contributed by atoms with Crippen molar-refractivity contribution in [3.63, 3.8) is 0 Å². The standard InChI is InChI=1S/C49H31N5/c1-4-14-33(15-5-1)46-43-25-22-32-13-10-11-21-41(32)45(43)42-24-23-36(30-44(42)51-46)38-27-39(37-20-12-26-50-31-37)29-40(28-38)49-53-47(34-16-6-2-7-17-34)52-48(54-49)35-18-8-3-9-19-35/h1-31H. The van der Waals surface area contributed by atoms with E-state index >= 15 is 0 Å². The zero-order chi connectivity index (χ0) is 35.8. The normalized spacial score (nSPS) is 11.3. The van der Waals surface area contributed by atoms with Crippen molar-refractivity contribution in [2.45, 2.75) is 0 Å². The Morgan fingerprint density at radius 3 is 1.54 bits per heavy atom. The molecule has 0 aliphatic carbocycles. The van der Waals surface area contributed by atoms with Crippen molar-refractivity contribution in [2.24, 2.45) is 0 Å². The highest BCUT2D eigenvalue weighted by molar-refractivity contribution is 6.22. The van der Waals surface area contributed by atoms with Crippen molar-refractivity contribution in [1.29, 1.82) is 0 Å². The van der Waals surface area contributed by atoms with Gasteiger partial charge in [0.1, 0.15) is 0 Å². The van der Waals surface area contributed by atoms with Gasteiger partial charge in [0.25, 0.3) is 0 Å². The maximum Gasteiger partial charge on any atom is 0.164 e. The second-order valence-corrected chi connectivity index (χ2v) is 13.3. The number of benzene rings is 7. The van der Waals surface area contributed by atoms with Gasteiger partial charge in [0.2, 0.25) is 0 Å². The Labute approximate surface area is 312 Å². The van der Waals surface area contributed by atoms with Crippen LogP contribution in [0.1, 0.15) is 0 Å². The zero-order valence-corrected chi connectivity index (χ0v) is 29.1. The summed E-state index contributed by atoms with van der Waals surface area (Å²) in [5, 5.41) is 5.88. The highest BCUT2D eigenvalue weighted by Crippen LogP contribution is 2.39. The lowest BCUT2D eigenvalue weighted by molar-refractivity contribution is 1.07. The van der Waals surface area contributed by atoms with Crippen molar-refractivity contribution >= 4 is 32.4 Å². The molecule has 5 nitrogen and oxygen atoms in total. The van der Waals surface area contributed by atoms with Crippen LogP contribution in [0.15, 0.2) is 188 Å². The first kappa shape index (κ1) is 31.4. The van der Waals surface area contributed by atoms with Crippen LogP contribution >= 0.6 is 0 Å². The Morgan fingerprint density at radius 1 is 0.315 bits per heavy atom.